The van der Waals surface area contributed by atoms with E-state index in [2.05, 4.69) is 119 Å². The van der Waals surface area contributed by atoms with Crippen LogP contribution in [0.25, 0.3) is 47.7 Å². The van der Waals surface area contributed by atoms with Crippen LogP contribution in [0, 0.1) is 0 Å². The first-order chi connectivity index (χ1) is 17.3. The summed E-state index contributed by atoms with van der Waals surface area (Å²) in [7, 11) is 0. The van der Waals surface area contributed by atoms with Crippen LogP contribution in [0.3, 0.4) is 0 Å². The molecule has 7 aromatic rings. The highest BCUT2D eigenvalue weighted by Gasteiger charge is 2.27. The predicted molar refractivity (Wildman–Crippen MR) is 147 cm³/mol. The molecule has 5 aromatic carbocycles. The number of aromatic nitrogens is 1. The van der Waals surface area contributed by atoms with Crippen LogP contribution in [-0.2, 0) is 0 Å². The largest absolute Gasteiger partial charge is 0.464 e. The van der Waals surface area contributed by atoms with E-state index in [0.717, 1.165) is 22.7 Å². The Balaban J connectivity index is 1.30. The predicted octanol–water partition coefficient (Wildman–Crippen LogP) is 8.65. The van der Waals surface area contributed by atoms with Crippen molar-refractivity contribution in [3.8, 4) is 11.4 Å². The summed E-state index contributed by atoms with van der Waals surface area (Å²) in [6.45, 7) is 0. The van der Waals surface area contributed by atoms with E-state index >= 15 is 0 Å². The van der Waals surface area contributed by atoms with Gasteiger partial charge in [-0.2, -0.15) is 0 Å². The highest BCUT2D eigenvalue weighted by molar-refractivity contribution is 7.26. The van der Waals surface area contributed by atoms with Crippen molar-refractivity contribution in [1.82, 2.24) is 4.57 Å². The Bertz CT molecular complexity index is 1920. The molecular weight excluding hydrogens is 448 g/mol. The van der Waals surface area contributed by atoms with Gasteiger partial charge >= 0.3 is 0 Å². The molecule has 0 saturated heterocycles. The van der Waals surface area contributed by atoms with Gasteiger partial charge in [0.05, 0.1) is 16.7 Å². The molecule has 8 rings (SSSR count). The van der Waals surface area contributed by atoms with Crippen molar-refractivity contribution in [3.05, 3.63) is 115 Å². The maximum absolute atomic E-state index is 6.47. The summed E-state index contributed by atoms with van der Waals surface area (Å²) in [5.74, 6) is 0.912. The Kier molecular flexibility index (Phi) is 3.87. The minimum absolute atomic E-state index is 0.235. The highest BCUT2D eigenvalue weighted by atomic mass is 32.1. The molecule has 1 aliphatic heterocycles. The Labute approximate surface area is 205 Å². The topological polar surface area (TPSA) is 26.2 Å². The number of thiophene rings is 1. The van der Waals surface area contributed by atoms with Gasteiger partial charge in [-0.3, -0.25) is 0 Å². The van der Waals surface area contributed by atoms with Crippen molar-refractivity contribution < 1.29 is 4.74 Å². The molecule has 1 N–H and O–H groups in total. The molecule has 2 aromatic heterocycles. The fraction of sp³-hybridized carbons (Fsp3) is 0.0323. The molecule has 0 amide bonds. The number of rotatable bonds is 2. The summed E-state index contributed by atoms with van der Waals surface area (Å²) in [6.07, 6.45) is -0.235. The van der Waals surface area contributed by atoms with Gasteiger partial charge in [0, 0.05) is 42.2 Å². The van der Waals surface area contributed by atoms with Crippen LogP contribution >= 0.6 is 11.3 Å². The molecule has 35 heavy (non-hydrogen) atoms. The van der Waals surface area contributed by atoms with Crippen molar-refractivity contribution in [2.24, 2.45) is 0 Å². The third-order valence-corrected chi connectivity index (χ3v) is 8.18. The highest BCUT2D eigenvalue weighted by Crippen LogP contribution is 2.48. The number of anilines is 1. The number of fused-ring (bicyclic) bond motifs is 8. The van der Waals surface area contributed by atoms with E-state index in [-0.39, 0.29) is 6.23 Å². The lowest BCUT2D eigenvalue weighted by molar-refractivity contribution is 0.260. The van der Waals surface area contributed by atoms with E-state index in [1.54, 1.807) is 0 Å². The molecule has 4 heteroatoms. The first-order valence-corrected chi connectivity index (χ1v) is 12.6. The fourth-order valence-electron chi connectivity index (χ4n) is 5.48. The zero-order chi connectivity index (χ0) is 22.9. The van der Waals surface area contributed by atoms with Crippen LogP contribution in [0.1, 0.15) is 11.8 Å². The van der Waals surface area contributed by atoms with Gasteiger partial charge < -0.3 is 14.6 Å². The van der Waals surface area contributed by atoms with E-state index in [0.29, 0.717) is 0 Å². The van der Waals surface area contributed by atoms with Crippen LogP contribution < -0.4 is 10.1 Å². The fourth-order valence-corrected chi connectivity index (χ4v) is 6.60. The normalized spacial score (nSPS) is 15.0. The van der Waals surface area contributed by atoms with Crippen LogP contribution in [0.2, 0.25) is 0 Å². The Morgan fingerprint density at radius 2 is 1.43 bits per heavy atom. The lowest BCUT2D eigenvalue weighted by atomic mass is 10.1. The zero-order valence-electron chi connectivity index (χ0n) is 18.7. The monoisotopic (exact) mass is 468 g/mol. The molecule has 3 heterocycles. The second-order valence-electron chi connectivity index (χ2n) is 9.02. The molecule has 1 aliphatic rings. The maximum atomic E-state index is 6.47. The van der Waals surface area contributed by atoms with Gasteiger partial charge in [0.2, 0.25) is 0 Å². The van der Waals surface area contributed by atoms with Gasteiger partial charge in [-0.1, -0.05) is 66.7 Å². The molecule has 0 aliphatic carbocycles. The Morgan fingerprint density at radius 3 is 2.34 bits per heavy atom. The molecular formula is C31H20N2OS. The maximum Gasteiger partial charge on any atom is 0.196 e. The summed E-state index contributed by atoms with van der Waals surface area (Å²) in [5, 5.41) is 8.74. The van der Waals surface area contributed by atoms with Gasteiger partial charge in [0.1, 0.15) is 5.75 Å². The number of hydrogen-bond donors (Lipinski definition) is 1. The summed E-state index contributed by atoms with van der Waals surface area (Å²) < 4.78 is 11.4. The molecule has 0 saturated carbocycles. The lowest BCUT2D eigenvalue weighted by Crippen LogP contribution is -2.10. The average molecular weight is 469 g/mol. The number of nitrogens with one attached hydrogen (secondary N) is 1. The van der Waals surface area contributed by atoms with Crippen LogP contribution in [0.15, 0.2) is 109 Å². The van der Waals surface area contributed by atoms with Gasteiger partial charge in [-0.25, -0.2) is 0 Å². The zero-order valence-corrected chi connectivity index (χ0v) is 19.5. The minimum atomic E-state index is -0.235. The first-order valence-electron chi connectivity index (χ1n) is 11.8. The average Bonchev–Trinajstić information content (AvgIpc) is 3.60. The van der Waals surface area contributed by atoms with Crippen LogP contribution in [0.5, 0.6) is 5.75 Å². The number of hydrogen-bond acceptors (Lipinski definition) is 3. The van der Waals surface area contributed by atoms with Crippen LogP contribution in [0.4, 0.5) is 5.69 Å². The summed E-state index contributed by atoms with van der Waals surface area (Å²) in [6, 6.07) is 38.8. The second-order valence-corrected chi connectivity index (χ2v) is 10.1. The molecule has 1 unspecified atom stereocenters. The summed E-state index contributed by atoms with van der Waals surface area (Å²) >= 11 is 1.83. The quantitative estimate of drug-likeness (QED) is 0.275. The first kappa shape index (κ1) is 19.1. The van der Waals surface area contributed by atoms with E-state index < -0.39 is 0 Å². The number of para-hydroxylation sites is 2. The van der Waals surface area contributed by atoms with E-state index in [4.69, 9.17) is 4.74 Å². The van der Waals surface area contributed by atoms with Crippen molar-refractivity contribution in [1.29, 1.82) is 0 Å². The molecule has 3 nitrogen and oxygen atoms in total. The lowest BCUT2D eigenvalue weighted by Gasteiger charge is -2.13. The molecule has 0 bridgehead atoms. The van der Waals surface area contributed by atoms with Crippen molar-refractivity contribution >= 4 is 59.0 Å². The minimum Gasteiger partial charge on any atom is -0.464 e. The van der Waals surface area contributed by atoms with E-state index in [9.17, 15) is 0 Å². The van der Waals surface area contributed by atoms with Crippen molar-refractivity contribution in [3.63, 3.8) is 0 Å². The van der Waals surface area contributed by atoms with Crippen molar-refractivity contribution in [2.75, 3.05) is 5.32 Å². The standard InChI is InChI=1S/C31H20N2OS/c1-2-8-20(9-3-1)33-24-12-6-4-10-21(24)22-15-14-19(18-25(22)33)31-32-30-26(34-31)16-17-28-29(30)23-11-5-7-13-27(23)35-28/h1-18,31-32H. The smallest absolute Gasteiger partial charge is 0.196 e. The SMILES string of the molecule is c1ccc(-n2c3ccccc3c3ccc(C4Nc5c(ccc6sc7ccccc7c56)O4)cc32)cc1. The molecule has 1 atom stereocenters. The van der Waals surface area contributed by atoms with Gasteiger partial charge in [0.25, 0.3) is 0 Å². The summed E-state index contributed by atoms with van der Waals surface area (Å²) in [5.41, 5.74) is 5.75. The Morgan fingerprint density at radius 1 is 0.657 bits per heavy atom. The summed E-state index contributed by atoms with van der Waals surface area (Å²) in [4.78, 5) is 0. The molecule has 0 spiro atoms. The molecule has 0 radical (unpaired) electrons. The number of nitrogens with zero attached hydrogens (tertiary/aromatic N) is 1. The third-order valence-electron chi connectivity index (χ3n) is 7.04. The Hall–Kier alpha value is -4.28. The van der Waals surface area contributed by atoms with Crippen molar-refractivity contribution in [2.45, 2.75) is 6.23 Å². The molecule has 0 fully saturated rings. The van der Waals surface area contributed by atoms with E-state index in [1.807, 2.05) is 11.3 Å². The van der Waals surface area contributed by atoms with Gasteiger partial charge in [-0.05, 0) is 42.5 Å². The van der Waals surface area contributed by atoms with Crippen LogP contribution in [-0.4, -0.2) is 4.57 Å². The second kappa shape index (κ2) is 7.11. The molecule has 166 valence electrons. The van der Waals surface area contributed by atoms with Gasteiger partial charge in [-0.15, -0.1) is 11.3 Å². The van der Waals surface area contributed by atoms with E-state index in [1.165, 1.54) is 42.0 Å². The number of benzene rings is 5. The number of ether oxygens (including phenoxy) is 1. The van der Waals surface area contributed by atoms with Gasteiger partial charge in [0.15, 0.2) is 6.23 Å². The third kappa shape index (κ3) is 2.71.